The number of Topliss-reactive ketones (excluding diaryl/α,β-unsaturated/α-hetero) is 1. The molecule has 8 nitrogen and oxygen atoms in total. The Morgan fingerprint density at radius 1 is 1.29 bits per heavy atom. The molecule has 0 spiro atoms. The molecule has 0 aliphatic carbocycles. The summed E-state index contributed by atoms with van der Waals surface area (Å²) in [4.78, 5) is 37.6. The van der Waals surface area contributed by atoms with E-state index in [4.69, 9.17) is 8.94 Å². The number of ketones is 1. The van der Waals surface area contributed by atoms with E-state index in [1.54, 1.807) is 12.1 Å². The van der Waals surface area contributed by atoms with E-state index in [0.717, 1.165) is 16.7 Å². The van der Waals surface area contributed by atoms with Gasteiger partial charge in [0.05, 0.1) is 11.9 Å². The highest BCUT2D eigenvalue weighted by Gasteiger charge is 2.08. The molecule has 0 bridgehead atoms. The van der Waals surface area contributed by atoms with Crippen molar-refractivity contribution >= 4 is 17.3 Å². The number of carbonyl (C=O) groups excluding carboxylic acids is 1. The summed E-state index contributed by atoms with van der Waals surface area (Å²) < 4.78 is 10.5. The number of hydrogen-bond acceptors (Lipinski definition) is 7. The van der Waals surface area contributed by atoms with E-state index in [0.29, 0.717) is 24.2 Å². The molecule has 1 aromatic carbocycles. The molecule has 3 rings (SSSR count). The van der Waals surface area contributed by atoms with Crippen molar-refractivity contribution in [2.24, 2.45) is 0 Å². The average molecular weight is 329 g/mol. The number of imidazole rings is 1. The topological polar surface area (TPSA) is 107 Å². The van der Waals surface area contributed by atoms with E-state index in [2.05, 4.69) is 10.3 Å². The molecule has 8 heteroatoms. The lowest BCUT2D eigenvalue weighted by atomic mass is 10.1. The Morgan fingerprint density at radius 2 is 2.12 bits per heavy atom. The van der Waals surface area contributed by atoms with Crippen molar-refractivity contribution in [1.82, 2.24) is 9.56 Å². The molecule has 0 fully saturated rings. The number of aromatic nitrogens is 2. The minimum absolute atomic E-state index is 0.0198. The smallest absolute Gasteiger partial charge is 0.385 e. The Bertz CT molecular complexity index is 952. The largest absolute Gasteiger partial charge is 0.442 e. The molecule has 0 aliphatic heterocycles. The number of benzene rings is 1. The third kappa shape index (κ3) is 3.43. The predicted molar refractivity (Wildman–Crippen MR) is 85.5 cm³/mol. The van der Waals surface area contributed by atoms with Gasteiger partial charge in [-0.3, -0.25) is 4.79 Å². The summed E-state index contributed by atoms with van der Waals surface area (Å²) in [6, 6.07) is 7.29. The Hall–Kier alpha value is -3.16. The van der Waals surface area contributed by atoms with Gasteiger partial charge in [-0.2, -0.15) is 4.98 Å². The van der Waals surface area contributed by atoms with Gasteiger partial charge in [0, 0.05) is 17.8 Å². The molecule has 0 saturated carbocycles. The number of nitrogens with zero attached hydrogens (tertiary/aromatic N) is 2. The Labute approximate surface area is 135 Å². The van der Waals surface area contributed by atoms with Crippen LogP contribution in [0.15, 0.2) is 49.0 Å². The Kier molecular flexibility index (Phi) is 4.28. The van der Waals surface area contributed by atoms with Gasteiger partial charge in [-0.1, -0.05) is 12.1 Å². The molecule has 124 valence electrons. The van der Waals surface area contributed by atoms with Gasteiger partial charge >= 0.3 is 17.1 Å². The minimum Gasteiger partial charge on any atom is -0.385 e. The molecule has 0 radical (unpaired) electrons. The lowest BCUT2D eigenvalue weighted by Crippen LogP contribution is -2.22. The fourth-order valence-corrected chi connectivity index (χ4v) is 2.25. The molecule has 0 amide bonds. The van der Waals surface area contributed by atoms with Gasteiger partial charge in [0.25, 0.3) is 0 Å². The fraction of sp³-hybridized carbons (Fsp3) is 0.250. The first-order valence-electron chi connectivity index (χ1n) is 7.40. The summed E-state index contributed by atoms with van der Waals surface area (Å²) in [5, 5.41) is 3.23. The first-order chi connectivity index (χ1) is 11.5. The van der Waals surface area contributed by atoms with Gasteiger partial charge in [0.1, 0.15) is 0 Å². The molecule has 0 saturated heterocycles. The summed E-state index contributed by atoms with van der Waals surface area (Å²) >= 11 is 0. The van der Waals surface area contributed by atoms with Gasteiger partial charge in [-0.25, -0.2) is 9.59 Å². The summed E-state index contributed by atoms with van der Waals surface area (Å²) in [7, 11) is 0. The van der Waals surface area contributed by atoms with E-state index in [9.17, 15) is 14.4 Å². The zero-order chi connectivity index (χ0) is 17.1. The van der Waals surface area contributed by atoms with Gasteiger partial charge < -0.3 is 14.3 Å². The SMILES string of the molecule is CC(=O)c1cccc(NCCCc2cn3oc(=O)c(=O)oc3n2)c1. The highest BCUT2D eigenvalue weighted by atomic mass is 16.6. The monoisotopic (exact) mass is 329 g/mol. The van der Waals surface area contributed by atoms with Crippen molar-refractivity contribution in [2.75, 3.05) is 11.9 Å². The number of nitrogens with one attached hydrogen (secondary N) is 1. The first kappa shape index (κ1) is 15.7. The summed E-state index contributed by atoms with van der Waals surface area (Å²) in [5.74, 6) is -0.0250. The normalized spacial score (nSPS) is 10.9. The van der Waals surface area contributed by atoms with Crippen LogP contribution in [0.3, 0.4) is 0 Å². The van der Waals surface area contributed by atoms with Crippen LogP contribution in [0, 0.1) is 0 Å². The van der Waals surface area contributed by atoms with Gasteiger partial charge in [0.15, 0.2) is 5.78 Å². The third-order valence-electron chi connectivity index (χ3n) is 3.43. The van der Waals surface area contributed by atoms with E-state index >= 15 is 0 Å². The molecule has 2 heterocycles. The van der Waals surface area contributed by atoms with Crippen molar-refractivity contribution in [3.63, 3.8) is 0 Å². The second-order valence-corrected chi connectivity index (χ2v) is 5.28. The summed E-state index contributed by atoms with van der Waals surface area (Å²) in [5.41, 5.74) is 0.0250. The van der Waals surface area contributed by atoms with Crippen LogP contribution in [-0.4, -0.2) is 21.9 Å². The van der Waals surface area contributed by atoms with Crippen molar-refractivity contribution in [1.29, 1.82) is 0 Å². The summed E-state index contributed by atoms with van der Waals surface area (Å²) in [6.45, 7) is 2.20. The third-order valence-corrected chi connectivity index (χ3v) is 3.43. The second-order valence-electron chi connectivity index (χ2n) is 5.28. The van der Waals surface area contributed by atoms with Crippen molar-refractivity contribution in [2.45, 2.75) is 19.8 Å². The minimum atomic E-state index is -1.08. The quantitative estimate of drug-likeness (QED) is 0.415. The number of hydrogen-bond donors (Lipinski definition) is 1. The standard InChI is InChI=1S/C16H15N3O5/c1-10(20)11-4-2-5-12(8-11)17-7-3-6-13-9-19-16(18-13)23-14(21)15(22)24-19/h2,4-5,8-9,17H,3,6-7H2,1H3. The van der Waals surface area contributed by atoms with E-state index < -0.39 is 11.3 Å². The van der Waals surface area contributed by atoms with Crippen LogP contribution < -0.4 is 16.6 Å². The Balaban J connectivity index is 1.59. The number of aryl methyl sites for hydroxylation is 1. The van der Waals surface area contributed by atoms with E-state index in [1.165, 1.54) is 13.1 Å². The van der Waals surface area contributed by atoms with Crippen molar-refractivity contribution in [3.8, 4) is 0 Å². The maximum absolute atomic E-state index is 11.3. The molecular weight excluding hydrogens is 314 g/mol. The van der Waals surface area contributed by atoms with Crippen molar-refractivity contribution in [3.05, 3.63) is 62.6 Å². The number of fused-ring (bicyclic) bond motifs is 1. The van der Waals surface area contributed by atoms with Gasteiger partial charge in [-0.15, -0.1) is 4.57 Å². The predicted octanol–water partition coefficient (Wildman–Crippen LogP) is 1.49. The fourth-order valence-electron chi connectivity index (χ4n) is 2.25. The Morgan fingerprint density at radius 3 is 2.92 bits per heavy atom. The lowest BCUT2D eigenvalue weighted by molar-refractivity contribution is 0.101. The molecule has 0 unspecified atom stereocenters. The summed E-state index contributed by atoms with van der Waals surface area (Å²) in [6.07, 6.45) is 2.87. The number of anilines is 1. The highest BCUT2D eigenvalue weighted by molar-refractivity contribution is 5.94. The molecule has 2 aromatic heterocycles. The maximum Gasteiger partial charge on any atom is 0.442 e. The number of rotatable bonds is 6. The van der Waals surface area contributed by atoms with Crippen LogP contribution in [-0.2, 0) is 6.42 Å². The van der Waals surface area contributed by atoms with E-state index in [-0.39, 0.29) is 11.6 Å². The molecular formula is C16H15N3O5. The van der Waals surface area contributed by atoms with Crippen LogP contribution in [0.2, 0.25) is 0 Å². The molecule has 0 atom stereocenters. The maximum atomic E-state index is 11.3. The average Bonchev–Trinajstić information content (AvgIpc) is 2.94. The van der Waals surface area contributed by atoms with Crippen LogP contribution in [0.25, 0.3) is 5.84 Å². The van der Waals surface area contributed by atoms with Crippen LogP contribution >= 0.6 is 0 Å². The zero-order valence-electron chi connectivity index (χ0n) is 12.9. The molecule has 0 aliphatic rings. The van der Waals surface area contributed by atoms with E-state index in [1.807, 2.05) is 12.1 Å². The molecule has 3 aromatic rings. The van der Waals surface area contributed by atoms with Gasteiger partial charge in [0.2, 0.25) is 0 Å². The molecule has 1 N–H and O–H groups in total. The van der Waals surface area contributed by atoms with Crippen LogP contribution in [0.5, 0.6) is 0 Å². The van der Waals surface area contributed by atoms with Crippen LogP contribution in [0.1, 0.15) is 29.4 Å². The highest BCUT2D eigenvalue weighted by Crippen LogP contribution is 2.11. The van der Waals surface area contributed by atoms with Crippen LogP contribution in [0.4, 0.5) is 5.69 Å². The zero-order valence-corrected chi connectivity index (χ0v) is 12.9. The first-order valence-corrected chi connectivity index (χ1v) is 7.40. The van der Waals surface area contributed by atoms with Gasteiger partial charge in [-0.05, 0) is 31.9 Å². The van der Waals surface area contributed by atoms with Crippen molar-refractivity contribution < 1.29 is 13.7 Å². The lowest BCUT2D eigenvalue weighted by Gasteiger charge is -2.06. The molecule has 24 heavy (non-hydrogen) atoms. The number of carbonyl (C=O) groups is 1. The second kappa shape index (κ2) is 6.53.